The van der Waals surface area contributed by atoms with Gasteiger partial charge >= 0.3 is 0 Å². The first-order valence-corrected chi connectivity index (χ1v) is 11.1. The van der Waals surface area contributed by atoms with Crippen molar-refractivity contribution >= 4 is 22.8 Å². The fourth-order valence-corrected chi connectivity index (χ4v) is 5.48. The number of likely N-dealkylation sites (tertiary alicyclic amines) is 1. The van der Waals surface area contributed by atoms with Gasteiger partial charge in [0, 0.05) is 35.5 Å². The first-order valence-electron chi connectivity index (χ1n) is 10.1. The van der Waals surface area contributed by atoms with Crippen LogP contribution in [0.25, 0.3) is 11.1 Å². The number of thioether (sulfide) groups is 1. The summed E-state index contributed by atoms with van der Waals surface area (Å²) in [5, 5.41) is 0.517. The molecular weight excluding hydrogens is 411 g/mol. The zero-order chi connectivity index (χ0) is 21.4. The van der Waals surface area contributed by atoms with Crippen molar-refractivity contribution in [3.63, 3.8) is 0 Å². The average molecular weight is 433 g/mol. The summed E-state index contributed by atoms with van der Waals surface area (Å²) in [4.78, 5) is 23.7. The molecule has 1 fully saturated rings. The highest BCUT2D eigenvalue weighted by Gasteiger charge is 2.51. The number of carbonyl (C=O) groups is 1. The molecular formula is C24H21FN4OS. The molecule has 0 spiro atoms. The molecule has 0 radical (unpaired) electrons. The van der Waals surface area contributed by atoms with E-state index in [9.17, 15) is 9.18 Å². The SMILES string of the molecule is NC1=NC2(c3cccc(-c4cccnc4F)c3)CN(C(=O)c3ccccc3)CC2CS1. The minimum absolute atomic E-state index is 0.0115. The van der Waals surface area contributed by atoms with Crippen molar-refractivity contribution in [2.45, 2.75) is 5.54 Å². The smallest absolute Gasteiger partial charge is 0.253 e. The number of pyridine rings is 1. The number of benzene rings is 2. The maximum absolute atomic E-state index is 14.3. The van der Waals surface area contributed by atoms with Gasteiger partial charge in [-0.2, -0.15) is 4.39 Å². The number of nitrogens with two attached hydrogens (primary N) is 1. The molecule has 2 N–H and O–H groups in total. The number of hydrogen-bond acceptors (Lipinski definition) is 5. The summed E-state index contributed by atoms with van der Waals surface area (Å²) in [7, 11) is 0. The third-order valence-electron chi connectivity index (χ3n) is 6.03. The summed E-state index contributed by atoms with van der Waals surface area (Å²) in [5.41, 5.74) is 8.28. The summed E-state index contributed by atoms with van der Waals surface area (Å²) in [6.07, 6.45) is 1.44. The third-order valence-corrected chi connectivity index (χ3v) is 6.99. The van der Waals surface area contributed by atoms with E-state index in [1.54, 1.807) is 12.1 Å². The standard InChI is InChI=1S/C24H21FN4OS/c25-21-20(10-5-11-27-21)17-8-4-9-18(12-17)24-15-29(13-19(24)14-31-23(26)28-24)22(30)16-6-2-1-3-7-16/h1-12,19H,13-15H2,(H2,26,28). The summed E-state index contributed by atoms with van der Waals surface area (Å²) in [6, 6.07) is 20.4. The second-order valence-electron chi connectivity index (χ2n) is 7.86. The minimum atomic E-state index is -0.644. The van der Waals surface area contributed by atoms with E-state index >= 15 is 0 Å². The van der Waals surface area contributed by atoms with E-state index in [4.69, 9.17) is 10.7 Å². The Labute approximate surface area is 184 Å². The zero-order valence-electron chi connectivity index (χ0n) is 16.7. The number of aliphatic imine (C=N–C) groups is 1. The molecule has 0 saturated carbocycles. The number of halogens is 1. The number of amidine groups is 1. The van der Waals surface area contributed by atoms with Crippen LogP contribution in [0.3, 0.4) is 0 Å². The lowest BCUT2D eigenvalue weighted by Crippen LogP contribution is -2.40. The Morgan fingerprint density at radius 2 is 1.97 bits per heavy atom. The summed E-state index contributed by atoms with van der Waals surface area (Å²) < 4.78 is 14.3. The van der Waals surface area contributed by atoms with Gasteiger partial charge in [0.2, 0.25) is 5.95 Å². The van der Waals surface area contributed by atoms with Gasteiger partial charge in [-0.25, -0.2) is 9.98 Å². The van der Waals surface area contributed by atoms with Gasteiger partial charge in [0.05, 0.1) is 6.54 Å². The van der Waals surface area contributed by atoms with Gasteiger partial charge in [-0.3, -0.25) is 4.79 Å². The fraction of sp³-hybridized carbons (Fsp3) is 0.208. The molecule has 156 valence electrons. The van der Waals surface area contributed by atoms with Crippen molar-refractivity contribution in [1.29, 1.82) is 0 Å². The Hall–Kier alpha value is -3.19. The number of amides is 1. The highest BCUT2D eigenvalue weighted by molar-refractivity contribution is 8.13. The van der Waals surface area contributed by atoms with E-state index in [0.717, 1.165) is 16.9 Å². The molecule has 1 aromatic heterocycles. The van der Waals surface area contributed by atoms with Crippen molar-refractivity contribution in [3.8, 4) is 11.1 Å². The second kappa shape index (κ2) is 7.81. The predicted octanol–water partition coefficient (Wildman–Crippen LogP) is 3.92. The molecule has 5 nitrogen and oxygen atoms in total. The number of fused-ring (bicyclic) bond motifs is 1. The highest BCUT2D eigenvalue weighted by Crippen LogP contribution is 2.46. The molecule has 2 unspecified atom stereocenters. The van der Waals surface area contributed by atoms with Crippen LogP contribution in [0.15, 0.2) is 77.9 Å². The van der Waals surface area contributed by atoms with Gasteiger partial charge in [0.1, 0.15) is 5.54 Å². The first-order chi connectivity index (χ1) is 15.1. The lowest BCUT2D eigenvalue weighted by atomic mass is 9.81. The van der Waals surface area contributed by atoms with Crippen LogP contribution in [-0.4, -0.2) is 39.8 Å². The summed E-state index contributed by atoms with van der Waals surface area (Å²) >= 11 is 1.52. The highest BCUT2D eigenvalue weighted by atomic mass is 32.2. The molecule has 2 aliphatic rings. The van der Waals surface area contributed by atoms with Crippen LogP contribution >= 0.6 is 11.8 Å². The molecule has 5 rings (SSSR count). The molecule has 0 aliphatic carbocycles. The molecule has 31 heavy (non-hydrogen) atoms. The van der Waals surface area contributed by atoms with Crippen molar-refractivity contribution in [1.82, 2.24) is 9.88 Å². The van der Waals surface area contributed by atoms with Crippen LogP contribution in [0, 0.1) is 11.9 Å². The van der Waals surface area contributed by atoms with Crippen LogP contribution in [0.1, 0.15) is 15.9 Å². The normalized spacial score (nSPS) is 22.7. The maximum atomic E-state index is 14.3. The molecule has 0 bridgehead atoms. The van der Waals surface area contributed by atoms with Gasteiger partial charge in [-0.05, 0) is 41.5 Å². The van der Waals surface area contributed by atoms with Gasteiger partial charge < -0.3 is 10.6 Å². The summed E-state index contributed by atoms with van der Waals surface area (Å²) in [5.74, 6) is 0.372. The Morgan fingerprint density at radius 1 is 1.13 bits per heavy atom. The molecule has 1 saturated heterocycles. The lowest BCUT2D eigenvalue weighted by Gasteiger charge is -2.34. The summed E-state index contributed by atoms with van der Waals surface area (Å²) in [6.45, 7) is 1.04. The number of carbonyl (C=O) groups excluding carboxylic acids is 1. The average Bonchev–Trinajstić information content (AvgIpc) is 3.19. The van der Waals surface area contributed by atoms with Gasteiger partial charge in [-0.1, -0.05) is 48.2 Å². The zero-order valence-corrected chi connectivity index (χ0v) is 17.6. The predicted molar refractivity (Wildman–Crippen MR) is 121 cm³/mol. The molecule has 2 atom stereocenters. The molecule has 2 aliphatic heterocycles. The topological polar surface area (TPSA) is 71.6 Å². The lowest BCUT2D eigenvalue weighted by molar-refractivity contribution is 0.0782. The monoisotopic (exact) mass is 432 g/mol. The van der Waals surface area contributed by atoms with Gasteiger partial charge in [0.25, 0.3) is 5.91 Å². The number of aromatic nitrogens is 1. The second-order valence-corrected chi connectivity index (χ2v) is 8.90. The molecule has 1 amide bonds. The van der Waals surface area contributed by atoms with Crippen LogP contribution < -0.4 is 5.73 Å². The van der Waals surface area contributed by atoms with E-state index < -0.39 is 11.5 Å². The van der Waals surface area contributed by atoms with Crippen LogP contribution in [-0.2, 0) is 5.54 Å². The molecule has 7 heteroatoms. The molecule has 3 aromatic rings. The maximum Gasteiger partial charge on any atom is 0.253 e. The van der Waals surface area contributed by atoms with E-state index in [-0.39, 0.29) is 11.8 Å². The van der Waals surface area contributed by atoms with E-state index in [2.05, 4.69) is 4.98 Å². The van der Waals surface area contributed by atoms with Crippen molar-refractivity contribution in [3.05, 3.63) is 90.0 Å². The Bertz CT molecular complexity index is 1170. The minimum Gasteiger partial charge on any atom is -0.379 e. The van der Waals surface area contributed by atoms with Crippen molar-refractivity contribution in [2.75, 3.05) is 18.8 Å². The van der Waals surface area contributed by atoms with Crippen molar-refractivity contribution < 1.29 is 9.18 Å². The van der Waals surface area contributed by atoms with Crippen LogP contribution in [0.4, 0.5) is 4.39 Å². The van der Waals surface area contributed by atoms with E-state index in [1.807, 2.05) is 59.5 Å². The largest absolute Gasteiger partial charge is 0.379 e. The van der Waals surface area contributed by atoms with E-state index in [0.29, 0.717) is 29.4 Å². The number of hydrogen-bond donors (Lipinski definition) is 1. The van der Waals surface area contributed by atoms with Crippen LogP contribution in [0.2, 0.25) is 0 Å². The number of rotatable bonds is 3. The van der Waals surface area contributed by atoms with Crippen LogP contribution in [0.5, 0.6) is 0 Å². The molecule has 3 heterocycles. The number of nitrogens with zero attached hydrogens (tertiary/aromatic N) is 3. The Morgan fingerprint density at radius 3 is 2.77 bits per heavy atom. The van der Waals surface area contributed by atoms with Gasteiger partial charge in [0.15, 0.2) is 5.17 Å². The fourth-order valence-electron chi connectivity index (χ4n) is 4.50. The quantitative estimate of drug-likeness (QED) is 0.637. The molecule has 2 aromatic carbocycles. The van der Waals surface area contributed by atoms with E-state index in [1.165, 1.54) is 18.0 Å². The Kier molecular flexibility index (Phi) is 4.98. The Balaban J connectivity index is 1.56. The third kappa shape index (κ3) is 3.49. The van der Waals surface area contributed by atoms with Gasteiger partial charge in [-0.15, -0.1) is 0 Å². The first kappa shape index (κ1) is 19.8. The van der Waals surface area contributed by atoms with Crippen molar-refractivity contribution in [2.24, 2.45) is 16.6 Å².